The summed E-state index contributed by atoms with van der Waals surface area (Å²) in [6.45, 7) is 0. The second-order valence-electron chi connectivity index (χ2n) is 14.8. The Bertz CT molecular complexity index is 3480. The molecule has 0 radical (unpaired) electrons. The van der Waals surface area contributed by atoms with E-state index in [0.29, 0.717) is 0 Å². The summed E-state index contributed by atoms with van der Waals surface area (Å²) < 4.78 is 11.8. The topological polar surface area (TPSA) is 21.3 Å². The fraction of sp³-hybridized carbons (Fsp3) is 0. The second-order valence-corrected chi connectivity index (χ2v) is 15.9. The van der Waals surface area contributed by atoms with Gasteiger partial charge < -0.3 is 13.9 Å². The maximum atomic E-state index is 6.85. The zero-order valence-corrected chi connectivity index (χ0v) is 32.2. The van der Waals surface area contributed by atoms with Crippen LogP contribution in [0.4, 0.5) is 17.1 Å². The van der Waals surface area contributed by atoms with Crippen LogP contribution in [0.5, 0.6) is 0 Å². The lowest BCUT2D eigenvalue weighted by molar-refractivity contribution is 0.670. The molecule has 0 atom stereocenters. The zero-order chi connectivity index (χ0) is 38.2. The molecule has 3 heterocycles. The van der Waals surface area contributed by atoms with E-state index in [1.165, 1.54) is 42.0 Å². The van der Waals surface area contributed by atoms with Crippen LogP contribution in [0, 0.1) is 0 Å². The van der Waals surface area contributed by atoms with Crippen molar-refractivity contribution < 1.29 is 4.42 Å². The van der Waals surface area contributed by atoms with Crippen LogP contribution in [0.1, 0.15) is 0 Å². The average molecular weight is 759 g/mol. The molecule has 272 valence electrons. The van der Waals surface area contributed by atoms with E-state index in [2.05, 4.69) is 216 Å². The number of benzene rings is 9. The highest BCUT2D eigenvalue weighted by molar-refractivity contribution is 7.26. The lowest BCUT2D eigenvalue weighted by atomic mass is 9.98. The normalized spacial score (nSPS) is 11.8. The van der Waals surface area contributed by atoms with Crippen LogP contribution < -0.4 is 4.90 Å². The van der Waals surface area contributed by atoms with Gasteiger partial charge in [0.1, 0.15) is 11.2 Å². The molecule has 0 bridgehead atoms. The van der Waals surface area contributed by atoms with Crippen LogP contribution >= 0.6 is 11.3 Å². The van der Waals surface area contributed by atoms with Gasteiger partial charge in [0.2, 0.25) is 0 Å². The van der Waals surface area contributed by atoms with E-state index < -0.39 is 0 Å². The number of thiophene rings is 1. The molecule has 12 rings (SSSR count). The van der Waals surface area contributed by atoms with Gasteiger partial charge in [-0.2, -0.15) is 0 Å². The van der Waals surface area contributed by atoms with E-state index in [1.807, 2.05) is 11.3 Å². The molecule has 0 unspecified atom stereocenters. The van der Waals surface area contributed by atoms with Crippen molar-refractivity contribution in [2.45, 2.75) is 0 Å². The summed E-state index contributed by atoms with van der Waals surface area (Å²) in [5.41, 5.74) is 13.0. The summed E-state index contributed by atoms with van der Waals surface area (Å²) in [4.78, 5) is 2.49. The van der Waals surface area contributed by atoms with E-state index >= 15 is 0 Å². The SMILES string of the molecule is c1ccc(-c2ccc(N(c3ccccc3-c3cccc(-n4c5ccccc5c5ccccc54)c3)c3cccc4c3sc3ccccc34)c3c2oc2ccccc23)cc1. The molecule has 4 heteroatoms. The van der Waals surface area contributed by atoms with Gasteiger partial charge in [-0.05, 0) is 71.8 Å². The number of hydrogen-bond acceptors (Lipinski definition) is 3. The molecule has 0 aliphatic carbocycles. The molecule has 12 aromatic rings. The Morgan fingerprint density at radius 3 is 1.86 bits per heavy atom. The fourth-order valence-corrected chi connectivity index (χ4v) is 10.3. The minimum Gasteiger partial charge on any atom is -0.455 e. The first kappa shape index (κ1) is 32.8. The van der Waals surface area contributed by atoms with E-state index in [1.54, 1.807) is 0 Å². The smallest absolute Gasteiger partial charge is 0.145 e. The van der Waals surface area contributed by atoms with Crippen LogP contribution in [0.2, 0.25) is 0 Å². The minimum atomic E-state index is 0.870. The molecular formula is C54H34N2OS. The molecule has 0 aliphatic heterocycles. The first-order valence-electron chi connectivity index (χ1n) is 19.7. The van der Waals surface area contributed by atoms with Gasteiger partial charge in [0.15, 0.2) is 0 Å². The molecule has 0 saturated heterocycles. The van der Waals surface area contributed by atoms with Crippen molar-refractivity contribution in [1.29, 1.82) is 0 Å². The Balaban J connectivity index is 1.15. The molecule has 58 heavy (non-hydrogen) atoms. The Morgan fingerprint density at radius 2 is 1.03 bits per heavy atom. The van der Waals surface area contributed by atoms with Gasteiger partial charge in [0, 0.05) is 48.4 Å². The first-order chi connectivity index (χ1) is 28.8. The summed E-state index contributed by atoms with van der Waals surface area (Å²) in [6, 6.07) is 74.3. The third-order valence-corrected chi connectivity index (χ3v) is 12.8. The molecule has 0 saturated carbocycles. The van der Waals surface area contributed by atoms with Crippen LogP contribution in [-0.2, 0) is 0 Å². The monoisotopic (exact) mass is 758 g/mol. The molecular weight excluding hydrogens is 725 g/mol. The summed E-state index contributed by atoms with van der Waals surface area (Å²) >= 11 is 1.85. The number of fused-ring (bicyclic) bond motifs is 9. The third kappa shape index (κ3) is 4.99. The lowest BCUT2D eigenvalue weighted by Gasteiger charge is -2.29. The van der Waals surface area contributed by atoms with Crippen molar-refractivity contribution in [3.63, 3.8) is 0 Å². The highest BCUT2D eigenvalue weighted by Gasteiger charge is 2.26. The number of nitrogens with zero attached hydrogens (tertiary/aromatic N) is 2. The largest absolute Gasteiger partial charge is 0.455 e. The van der Waals surface area contributed by atoms with Gasteiger partial charge in [-0.15, -0.1) is 11.3 Å². The predicted octanol–water partition coefficient (Wildman–Crippen LogP) is 15.9. The molecule has 9 aromatic carbocycles. The zero-order valence-electron chi connectivity index (χ0n) is 31.3. The highest BCUT2D eigenvalue weighted by Crippen LogP contribution is 2.51. The minimum absolute atomic E-state index is 0.870. The van der Waals surface area contributed by atoms with Crippen LogP contribution in [0.3, 0.4) is 0 Å². The quantitative estimate of drug-likeness (QED) is 0.168. The van der Waals surface area contributed by atoms with Crippen LogP contribution in [-0.4, -0.2) is 4.57 Å². The maximum Gasteiger partial charge on any atom is 0.145 e. The molecule has 0 aliphatic rings. The summed E-state index contributed by atoms with van der Waals surface area (Å²) in [5, 5.41) is 7.20. The maximum absolute atomic E-state index is 6.85. The van der Waals surface area contributed by atoms with Crippen molar-refractivity contribution >= 4 is 92.3 Å². The van der Waals surface area contributed by atoms with E-state index in [-0.39, 0.29) is 0 Å². The molecule has 3 nitrogen and oxygen atoms in total. The van der Waals surface area contributed by atoms with Crippen molar-refractivity contribution in [2.24, 2.45) is 0 Å². The summed E-state index contributed by atoms with van der Waals surface area (Å²) in [6.07, 6.45) is 0. The van der Waals surface area contributed by atoms with Crippen LogP contribution in [0.25, 0.3) is 91.9 Å². The number of para-hydroxylation sites is 4. The van der Waals surface area contributed by atoms with E-state index in [0.717, 1.165) is 66.9 Å². The van der Waals surface area contributed by atoms with E-state index in [4.69, 9.17) is 4.42 Å². The molecule has 0 amide bonds. The van der Waals surface area contributed by atoms with Gasteiger partial charge in [-0.3, -0.25) is 0 Å². The van der Waals surface area contributed by atoms with Crippen LogP contribution in [0.15, 0.2) is 211 Å². The van der Waals surface area contributed by atoms with Crippen molar-refractivity contribution in [2.75, 3.05) is 4.90 Å². The van der Waals surface area contributed by atoms with Gasteiger partial charge in [0.05, 0.1) is 38.2 Å². The van der Waals surface area contributed by atoms with Crippen molar-refractivity contribution in [3.05, 3.63) is 206 Å². The van der Waals surface area contributed by atoms with Crippen molar-refractivity contribution in [3.8, 4) is 27.9 Å². The van der Waals surface area contributed by atoms with Gasteiger partial charge in [0.25, 0.3) is 0 Å². The van der Waals surface area contributed by atoms with Gasteiger partial charge in [-0.1, -0.05) is 146 Å². The first-order valence-corrected chi connectivity index (χ1v) is 20.5. The Hall–Kier alpha value is -7.40. The summed E-state index contributed by atoms with van der Waals surface area (Å²) in [7, 11) is 0. The molecule has 0 fully saturated rings. The van der Waals surface area contributed by atoms with Gasteiger partial charge in [-0.25, -0.2) is 0 Å². The van der Waals surface area contributed by atoms with E-state index in [9.17, 15) is 0 Å². The molecule has 0 spiro atoms. The Kier molecular flexibility index (Phi) is 7.40. The number of rotatable bonds is 6. The Morgan fingerprint density at radius 1 is 0.414 bits per heavy atom. The van der Waals surface area contributed by atoms with Crippen molar-refractivity contribution in [1.82, 2.24) is 4.57 Å². The predicted molar refractivity (Wildman–Crippen MR) is 247 cm³/mol. The average Bonchev–Trinajstić information content (AvgIpc) is 3.98. The summed E-state index contributed by atoms with van der Waals surface area (Å²) in [5.74, 6) is 0. The standard InChI is InChI=1S/C54H34N2OS/c1-2-16-35(17-3-1)39-32-33-48(52-44-24-7-12-30-50(44)57-53(39)52)56(49-29-15-25-43-42-23-8-13-31-51(42)58-54(43)49)45-26-9-4-20-38(45)36-18-14-19-37(34-36)55-46-27-10-5-21-40(46)41-22-6-11-28-47(41)55/h1-34H. The number of furan rings is 1. The molecule has 3 aromatic heterocycles. The third-order valence-electron chi connectivity index (χ3n) is 11.6. The number of hydrogen-bond donors (Lipinski definition) is 0. The Labute approximate surface area is 338 Å². The number of anilines is 3. The molecule has 0 N–H and O–H groups in total. The lowest BCUT2D eigenvalue weighted by Crippen LogP contribution is -2.12. The second kappa shape index (κ2) is 13.1. The number of aromatic nitrogens is 1. The highest BCUT2D eigenvalue weighted by atomic mass is 32.1. The van der Waals surface area contributed by atoms with Gasteiger partial charge >= 0.3 is 0 Å². The fourth-order valence-electron chi connectivity index (χ4n) is 9.07.